The Hall–Kier alpha value is 0.280. The molecule has 1 heterocycles. The zero-order chi connectivity index (χ0) is 10.1. The highest BCUT2D eigenvalue weighted by atomic mass is 127. The summed E-state index contributed by atoms with van der Waals surface area (Å²) in [6, 6.07) is 0. The molecule has 0 saturated heterocycles. The van der Waals surface area contributed by atoms with Crippen LogP contribution in [0.4, 0.5) is 13.2 Å². The predicted molar refractivity (Wildman–Crippen MR) is 57.2 cm³/mol. The van der Waals surface area contributed by atoms with Gasteiger partial charge < -0.3 is 0 Å². The van der Waals surface area contributed by atoms with Crippen molar-refractivity contribution >= 4 is 40.3 Å². The van der Waals surface area contributed by atoms with Crippen molar-refractivity contribution in [1.82, 2.24) is 0 Å². The number of nitrogens with zero attached hydrogens (tertiary/aromatic N) is 1. The first-order valence-electron chi connectivity index (χ1n) is 3.55. The summed E-state index contributed by atoms with van der Waals surface area (Å²) in [5, 5.41) is 1.12. The van der Waals surface area contributed by atoms with Crippen LogP contribution in [0.5, 0.6) is 0 Å². The van der Waals surface area contributed by atoms with Crippen molar-refractivity contribution in [3.05, 3.63) is 11.5 Å². The lowest BCUT2D eigenvalue weighted by Gasteiger charge is -2.18. The molecule has 0 aromatic heterocycles. The van der Waals surface area contributed by atoms with Crippen molar-refractivity contribution < 1.29 is 13.2 Å². The van der Waals surface area contributed by atoms with Crippen molar-refractivity contribution in [1.29, 1.82) is 0 Å². The highest BCUT2D eigenvalue weighted by Gasteiger charge is 2.43. The maximum atomic E-state index is 12.4. The van der Waals surface area contributed by atoms with Crippen LogP contribution in [0.3, 0.4) is 0 Å². The maximum absolute atomic E-state index is 12.4. The van der Waals surface area contributed by atoms with E-state index in [4.69, 9.17) is 0 Å². The summed E-state index contributed by atoms with van der Waals surface area (Å²) in [5.41, 5.74) is -0.685. The normalized spacial score (nSPS) is 29.8. The lowest BCUT2D eigenvalue weighted by Crippen LogP contribution is -2.34. The van der Waals surface area contributed by atoms with Crippen LogP contribution in [0.25, 0.3) is 0 Å². The third-order valence-corrected chi connectivity index (χ3v) is 3.52. The topological polar surface area (TPSA) is 12.4 Å². The molecule has 0 aromatic rings. The summed E-state index contributed by atoms with van der Waals surface area (Å²) in [6.07, 6.45) is -2.54. The van der Waals surface area contributed by atoms with Crippen molar-refractivity contribution in [2.75, 3.05) is 0 Å². The molecule has 1 aliphatic heterocycles. The molecule has 74 valence electrons. The molecule has 2 unspecified atom stereocenters. The highest BCUT2D eigenvalue weighted by Crippen LogP contribution is 2.36. The highest BCUT2D eigenvalue weighted by molar-refractivity contribution is 14.1. The fourth-order valence-corrected chi connectivity index (χ4v) is 2.97. The van der Waals surface area contributed by atoms with Crippen molar-refractivity contribution in [2.45, 2.75) is 18.3 Å². The number of rotatable bonds is 1. The van der Waals surface area contributed by atoms with Gasteiger partial charge in [-0.05, 0) is 11.3 Å². The Morgan fingerprint density at radius 1 is 1.54 bits per heavy atom. The van der Waals surface area contributed by atoms with Crippen LogP contribution in [-0.2, 0) is 0 Å². The predicted octanol–water partition coefficient (Wildman–Crippen LogP) is 3.60. The summed E-state index contributed by atoms with van der Waals surface area (Å²) in [5.74, 6) is -0.0971. The van der Waals surface area contributed by atoms with Gasteiger partial charge in [-0.1, -0.05) is 13.0 Å². The number of alkyl halides is 3. The second-order valence-electron chi connectivity index (χ2n) is 2.71. The molecular weight excluding hydrogens is 314 g/mol. The van der Waals surface area contributed by atoms with Crippen LogP contribution >= 0.6 is 34.6 Å². The van der Waals surface area contributed by atoms with Crippen LogP contribution < -0.4 is 0 Å². The molecule has 0 fully saturated rings. The lowest BCUT2D eigenvalue weighted by molar-refractivity contribution is -0.0601. The van der Waals surface area contributed by atoms with Crippen LogP contribution in [0.2, 0.25) is 0 Å². The van der Waals surface area contributed by atoms with E-state index in [0.717, 1.165) is 0 Å². The summed E-state index contributed by atoms with van der Waals surface area (Å²) in [7, 11) is 0. The number of hydrogen-bond donors (Lipinski definition) is 0. The van der Waals surface area contributed by atoms with E-state index < -0.39 is 17.1 Å². The molecule has 0 spiro atoms. The molecule has 1 nitrogen and oxygen atoms in total. The molecule has 2 atom stereocenters. The first-order chi connectivity index (χ1) is 5.96. The molecule has 0 saturated carbocycles. The Morgan fingerprint density at radius 2 is 2.15 bits per heavy atom. The second kappa shape index (κ2) is 4.20. The molecule has 0 amide bonds. The van der Waals surface area contributed by atoms with Gasteiger partial charge in [0.25, 0.3) is 0 Å². The molecule has 1 rings (SSSR count). The minimum Gasteiger partial charge on any atom is -0.213 e. The number of allylic oxidation sites excluding steroid dienone is 1. The van der Waals surface area contributed by atoms with Gasteiger partial charge in [0.05, 0.1) is 28.1 Å². The lowest BCUT2D eigenvalue weighted by atomic mass is 10.0. The Labute approximate surface area is 92.4 Å². The Morgan fingerprint density at radius 3 is 2.46 bits per heavy atom. The molecule has 0 aliphatic carbocycles. The van der Waals surface area contributed by atoms with Crippen LogP contribution in [0.15, 0.2) is 14.7 Å². The first kappa shape index (κ1) is 11.4. The zero-order valence-electron chi connectivity index (χ0n) is 6.68. The van der Waals surface area contributed by atoms with E-state index in [2.05, 4.69) is 3.21 Å². The second-order valence-corrected chi connectivity index (χ2v) is 4.25. The van der Waals surface area contributed by atoms with E-state index in [9.17, 15) is 13.2 Å². The van der Waals surface area contributed by atoms with E-state index in [1.54, 1.807) is 18.4 Å². The SMILES string of the molecule is CC1C=CSC1C(=NI)C(F)(F)F. The first-order valence-corrected chi connectivity index (χ1v) is 5.45. The Bertz CT molecular complexity index is 249. The van der Waals surface area contributed by atoms with Gasteiger partial charge in [0.1, 0.15) is 5.71 Å². The van der Waals surface area contributed by atoms with E-state index in [0.29, 0.717) is 0 Å². The van der Waals surface area contributed by atoms with Gasteiger partial charge in [-0.3, -0.25) is 0 Å². The third-order valence-electron chi connectivity index (χ3n) is 1.74. The molecule has 0 aromatic carbocycles. The molecule has 0 radical (unpaired) electrons. The molecule has 0 bridgehead atoms. The number of halogens is 4. The van der Waals surface area contributed by atoms with E-state index >= 15 is 0 Å². The van der Waals surface area contributed by atoms with Crippen LogP contribution in [0.1, 0.15) is 6.92 Å². The molecule has 0 N–H and O–H groups in total. The summed E-state index contributed by atoms with van der Waals surface area (Å²) < 4.78 is 40.4. The quantitative estimate of drug-likeness (QED) is 0.531. The maximum Gasteiger partial charge on any atom is 0.431 e. The van der Waals surface area contributed by atoms with E-state index in [1.165, 1.54) is 34.6 Å². The monoisotopic (exact) mass is 321 g/mol. The standard InChI is InChI=1S/C7H7F3INS/c1-4-2-3-13-5(4)6(12-11)7(8,9)10/h2-5H,1H3. The van der Waals surface area contributed by atoms with Crippen molar-refractivity contribution in [3.63, 3.8) is 0 Å². The summed E-state index contributed by atoms with van der Waals surface area (Å²) in [4.78, 5) is 0. The van der Waals surface area contributed by atoms with Crippen LogP contribution in [0, 0.1) is 5.92 Å². The molecular formula is C7H7F3INS. The number of thioether (sulfide) groups is 1. The minimum absolute atomic E-state index is 0.0971. The summed E-state index contributed by atoms with van der Waals surface area (Å²) in [6.45, 7) is 1.76. The smallest absolute Gasteiger partial charge is 0.213 e. The molecule has 1 aliphatic rings. The van der Waals surface area contributed by atoms with Gasteiger partial charge in [0, 0.05) is 0 Å². The minimum atomic E-state index is -4.31. The summed E-state index contributed by atoms with van der Waals surface area (Å²) >= 11 is 2.58. The zero-order valence-corrected chi connectivity index (χ0v) is 9.65. The van der Waals surface area contributed by atoms with Gasteiger partial charge in [0.15, 0.2) is 0 Å². The van der Waals surface area contributed by atoms with Gasteiger partial charge >= 0.3 is 6.18 Å². The van der Waals surface area contributed by atoms with Gasteiger partial charge in [-0.25, -0.2) is 3.21 Å². The van der Waals surface area contributed by atoms with Gasteiger partial charge in [-0.2, -0.15) is 13.2 Å². The average Bonchev–Trinajstić information content (AvgIpc) is 2.35. The fraction of sp³-hybridized carbons (Fsp3) is 0.571. The fourth-order valence-electron chi connectivity index (χ4n) is 1.05. The Kier molecular flexibility index (Phi) is 3.67. The third kappa shape index (κ3) is 2.61. The van der Waals surface area contributed by atoms with Crippen molar-refractivity contribution in [3.8, 4) is 0 Å². The van der Waals surface area contributed by atoms with Crippen LogP contribution in [-0.4, -0.2) is 17.1 Å². The van der Waals surface area contributed by atoms with E-state index in [1.807, 2.05) is 0 Å². The van der Waals surface area contributed by atoms with E-state index in [-0.39, 0.29) is 5.92 Å². The van der Waals surface area contributed by atoms with Gasteiger partial charge in [-0.15, -0.1) is 11.8 Å². The largest absolute Gasteiger partial charge is 0.431 e. The molecule has 13 heavy (non-hydrogen) atoms. The van der Waals surface area contributed by atoms with Crippen molar-refractivity contribution in [2.24, 2.45) is 9.12 Å². The average molecular weight is 321 g/mol. The Balaban J connectivity index is 2.81. The van der Waals surface area contributed by atoms with Gasteiger partial charge in [0.2, 0.25) is 0 Å². The number of hydrogen-bond acceptors (Lipinski definition) is 2. The molecule has 6 heteroatoms.